The molecular weight excluding hydrogens is 186 g/mol. The zero-order valence-corrected chi connectivity index (χ0v) is 10.9. The fourth-order valence-corrected chi connectivity index (χ4v) is 1.02. The third-order valence-corrected chi connectivity index (χ3v) is 2.00. The number of hydrazine groups is 1. The molecule has 0 aromatic carbocycles. The van der Waals surface area contributed by atoms with Gasteiger partial charge in [0.2, 0.25) is 0 Å². The van der Waals surface area contributed by atoms with Crippen molar-refractivity contribution in [2.24, 2.45) is 11.6 Å². The van der Waals surface area contributed by atoms with E-state index in [1.807, 2.05) is 27.7 Å². The van der Waals surface area contributed by atoms with E-state index in [2.05, 4.69) is 13.5 Å². The Morgan fingerprint density at radius 2 is 1.73 bits per heavy atom. The minimum atomic E-state index is 0.689. The largest absolute Gasteiger partial charge is 0.401 e. The van der Waals surface area contributed by atoms with E-state index in [1.54, 1.807) is 5.01 Å². The highest BCUT2D eigenvalue weighted by molar-refractivity contribution is 5.07. The molecule has 0 rings (SSSR count). The molecule has 3 nitrogen and oxygen atoms in total. The van der Waals surface area contributed by atoms with Gasteiger partial charge in [-0.25, -0.2) is 5.84 Å². The summed E-state index contributed by atoms with van der Waals surface area (Å²) in [6.07, 6.45) is 2.13. The third kappa shape index (κ3) is 8.06. The zero-order valence-electron chi connectivity index (χ0n) is 10.9. The number of allylic oxidation sites excluding steroid dienone is 2. The van der Waals surface area contributed by atoms with Gasteiger partial charge in [0.05, 0.1) is 6.54 Å². The second-order valence-electron chi connectivity index (χ2n) is 3.40. The van der Waals surface area contributed by atoms with E-state index in [4.69, 9.17) is 11.6 Å². The molecule has 0 aliphatic rings. The van der Waals surface area contributed by atoms with E-state index >= 15 is 0 Å². The maximum Gasteiger partial charge on any atom is 0.0546 e. The van der Waals surface area contributed by atoms with Gasteiger partial charge in [-0.1, -0.05) is 39.3 Å². The van der Waals surface area contributed by atoms with Crippen LogP contribution in [0.5, 0.6) is 0 Å². The van der Waals surface area contributed by atoms with Crippen molar-refractivity contribution in [1.82, 2.24) is 5.01 Å². The standard InChI is InChI=1S/C10H21N3.C2H6/c1-5-6-8(2)7-13(12)10(4)9(3)11;1-2/h2,5-7,11-12H2,1,3-4H3;1-2H3/b10-9-;. The molecule has 0 aliphatic heterocycles. The molecule has 0 bridgehead atoms. The first-order valence-corrected chi connectivity index (χ1v) is 5.60. The summed E-state index contributed by atoms with van der Waals surface area (Å²) in [6, 6.07) is 0. The van der Waals surface area contributed by atoms with E-state index < -0.39 is 0 Å². The van der Waals surface area contributed by atoms with Crippen LogP contribution >= 0.6 is 0 Å². The van der Waals surface area contributed by atoms with Gasteiger partial charge in [0.15, 0.2) is 0 Å². The minimum absolute atomic E-state index is 0.689. The predicted molar refractivity (Wildman–Crippen MR) is 68.9 cm³/mol. The summed E-state index contributed by atoms with van der Waals surface area (Å²) in [7, 11) is 0. The van der Waals surface area contributed by atoms with Crippen LogP contribution in [0.1, 0.15) is 47.5 Å². The van der Waals surface area contributed by atoms with Gasteiger partial charge in [-0.3, -0.25) is 0 Å². The van der Waals surface area contributed by atoms with Crippen molar-refractivity contribution in [3.8, 4) is 0 Å². The summed E-state index contributed by atoms with van der Waals surface area (Å²) in [4.78, 5) is 0. The Labute approximate surface area is 94.8 Å². The monoisotopic (exact) mass is 213 g/mol. The number of hydrogen-bond donors (Lipinski definition) is 2. The molecule has 0 saturated heterocycles. The van der Waals surface area contributed by atoms with Crippen LogP contribution in [0.4, 0.5) is 0 Å². The Morgan fingerprint density at radius 1 is 1.27 bits per heavy atom. The lowest BCUT2D eigenvalue weighted by molar-refractivity contribution is 0.381. The zero-order chi connectivity index (χ0) is 12.4. The number of hydrogen-bond acceptors (Lipinski definition) is 3. The van der Waals surface area contributed by atoms with Crippen LogP contribution in [0.25, 0.3) is 0 Å². The van der Waals surface area contributed by atoms with Crippen molar-refractivity contribution >= 4 is 0 Å². The predicted octanol–water partition coefficient (Wildman–Crippen LogP) is 2.75. The molecule has 0 heterocycles. The summed E-state index contributed by atoms with van der Waals surface area (Å²) >= 11 is 0. The second kappa shape index (κ2) is 9.59. The topological polar surface area (TPSA) is 55.3 Å². The average molecular weight is 213 g/mol. The lowest BCUT2D eigenvalue weighted by atomic mass is 10.2. The second-order valence-corrected chi connectivity index (χ2v) is 3.40. The van der Waals surface area contributed by atoms with E-state index in [9.17, 15) is 0 Å². The molecule has 0 aliphatic carbocycles. The lowest BCUT2D eigenvalue weighted by Gasteiger charge is -2.21. The molecule has 0 aromatic rings. The van der Waals surface area contributed by atoms with Gasteiger partial charge in [-0.2, -0.15) is 0 Å². The molecule has 0 amide bonds. The van der Waals surface area contributed by atoms with Gasteiger partial charge in [0.25, 0.3) is 0 Å². The summed E-state index contributed by atoms with van der Waals surface area (Å²) in [5.41, 5.74) is 8.43. The summed E-state index contributed by atoms with van der Waals surface area (Å²) in [6.45, 7) is 14.5. The van der Waals surface area contributed by atoms with Gasteiger partial charge >= 0.3 is 0 Å². The Balaban J connectivity index is 0. The normalized spacial score (nSPS) is 11.1. The number of rotatable bonds is 5. The molecule has 0 radical (unpaired) electrons. The molecular formula is C12H27N3. The van der Waals surface area contributed by atoms with Crippen LogP contribution < -0.4 is 11.6 Å². The fraction of sp³-hybridized carbons (Fsp3) is 0.667. The van der Waals surface area contributed by atoms with E-state index in [0.717, 1.165) is 29.8 Å². The lowest BCUT2D eigenvalue weighted by Crippen LogP contribution is -2.32. The summed E-state index contributed by atoms with van der Waals surface area (Å²) in [5.74, 6) is 5.78. The first-order chi connectivity index (χ1) is 6.99. The Kier molecular flexibility index (Phi) is 10.5. The van der Waals surface area contributed by atoms with Crippen molar-refractivity contribution in [3.63, 3.8) is 0 Å². The highest BCUT2D eigenvalue weighted by atomic mass is 15.4. The highest BCUT2D eigenvalue weighted by Gasteiger charge is 2.03. The first-order valence-electron chi connectivity index (χ1n) is 5.60. The van der Waals surface area contributed by atoms with E-state index in [-0.39, 0.29) is 0 Å². The van der Waals surface area contributed by atoms with Gasteiger partial charge in [-0.05, 0) is 20.3 Å². The molecule has 0 aromatic heterocycles. The van der Waals surface area contributed by atoms with Crippen molar-refractivity contribution in [3.05, 3.63) is 23.5 Å². The maximum absolute atomic E-state index is 5.78. The van der Waals surface area contributed by atoms with Gasteiger partial charge in [0.1, 0.15) is 0 Å². The number of nitrogens with zero attached hydrogens (tertiary/aromatic N) is 1. The summed E-state index contributed by atoms with van der Waals surface area (Å²) in [5, 5.41) is 1.65. The molecule has 3 heteroatoms. The number of nitrogens with two attached hydrogens (primary N) is 2. The van der Waals surface area contributed by atoms with Crippen LogP contribution in [0.3, 0.4) is 0 Å². The molecule has 0 spiro atoms. The maximum atomic E-state index is 5.78. The molecule has 0 saturated carbocycles. The molecule has 15 heavy (non-hydrogen) atoms. The van der Waals surface area contributed by atoms with Crippen molar-refractivity contribution < 1.29 is 0 Å². The van der Waals surface area contributed by atoms with Crippen LogP contribution in [0.15, 0.2) is 23.5 Å². The van der Waals surface area contributed by atoms with Crippen molar-refractivity contribution in [2.45, 2.75) is 47.5 Å². The van der Waals surface area contributed by atoms with E-state index in [1.165, 1.54) is 0 Å². The van der Waals surface area contributed by atoms with Crippen molar-refractivity contribution in [1.29, 1.82) is 0 Å². The Bertz CT molecular complexity index is 203. The van der Waals surface area contributed by atoms with E-state index in [0.29, 0.717) is 6.54 Å². The van der Waals surface area contributed by atoms with Gasteiger partial charge < -0.3 is 10.7 Å². The van der Waals surface area contributed by atoms with Crippen molar-refractivity contribution in [2.75, 3.05) is 6.54 Å². The highest BCUT2D eigenvalue weighted by Crippen LogP contribution is 2.07. The average Bonchev–Trinajstić information content (AvgIpc) is 2.19. The third-order valence-electron chi connectivity index (χ3n) is 2.00. The quantitative estimate of drug-likeness (QED) is 0.419. The summed E-state index contributed by atoms with van der Waals surface area (Å²) < 4.78 is 0. The molecule has 90 valence electrons. The van der Waals surface area contributed by atoms with Gasteiger partial charge in [-0.15, -0.1) is 0 Å². The Morgan fingerprint density at radius 3 is 2.07 bits per heavy atom. The fourth-order valence-electron chi connectivity index (χ4n) is 1.02. The van der Waals surface area contributed by atoms with Crippen LogP contribution in [-0.4, -0.2) is 11.6 Å². The smallest absolute Gasteiger partial charge is 0.0546 e. The Hall–Kier alpha value is -0.960. The van der Waals surface area contributed by atoms with Crippen LogP contribution in [-0.2, 0) is 0 Å². The van der Waals surface area contributed by atoms with Crippen LogP contribution in [0.2, 0.25) is 0 Å². The minimum Gasteiger partial charge on any atom is -0.401 e. The van der Waals surface area contributed by atoms with Crippen LogP contribution in [0, 0.1) is 0 Å². The molecule has 0 atom stereocenters. The first kappa shape index (κ1) is 16.5. The van der Waals surface area contributed by atoms with Gasteiger partial charge in [0, 0.05) is 11.4 Å². The SMILES string of the molecule is C=C(CCC)CN(N)/C(C)=C(/C)N.CC. The molecule has 4 N–H and O–H groups in total. The molecule has 0 fully saturated rings. The molecule has 0 unspecified atom stereocenters.